The Balaban J connectivity index is 2.26. The zero-order valence-corrected chi connectivity index (χ0v) is 9.46. The minimum Gasteiger partial charge on any atom is -0.396 e. The van der Waals surface area contributed by atoms with Gasteiger partial charge in [0.15, 0.2) is 5.78 Å². The van der Waals surface area contributed by atoms with E-state index in [2.05, 4.69) is 12.2 Å². The predicted octanol–water partition coefficient (Wildman–Crippen LogP) is 1.62. The molecule has 2 N–H and O–H groups in total. The fourth-order valence-electron chi connectivity index (χ4n) is 1.95. The maximum Gasteiger partial charge on any atom is 0.157 e. The predicted molar refractivity (Wildman–Crippen MR) is 60.4 cm³/mol. The van der Waals surface area contributed by atoms with Gasteiger partial charge in [0.05, 0.1) is 0 Å². The lowest BCUT2D eigenvalue weighted by Crippen LogP contribution is -2.22. The highest BCUT2D eigenvalue weighted by molar-refractivity contribution is 5.92. The number of hydrogen-bond donors (Lipinski definition) is 2. The first-order chi connectivity index (χ1) is 7.26. The van der Waals surface area contributed by atoms with E-state index in [0.29, 0.717) is 12.3 Å². The summed E-state index contributed by atoms with van der Waals surface area (Å²) in [5.74, 6) is 0.753. The van der Waals surface area contributed by atoms with Gasteiger partial charge in [0, 0.05) is 31.3 Å². The molecule has 0 aromatic rings. The SMILES string of the molecule is CCCC(CCO)CNC1=CC(=O)CC1. The lowest BCUT2D eigenvalue weighted by Gasteiger charge is -2.16. The third-order valence-electron chi connectivity index (χ3n) is 2.83. The van der Waals surface area contributed by atoms with Crippen molar-refractivity contribution in [3.8, 4) is 0 Å². The van der Waals surface area contributed by atoms with Crippen molar-refractivity contribution in [3.05, 3.63) is 11.8 Å². The number of carbonyl (C=O) groups excluding carboxylic acids is 1. The van der Waals surface area contributed by atoms with Gasteiger partial charge in [-0.1, -0.05) is 13.3 Å². The Morgan fingerprint density at radius 1 is 1.47 bits per heavy atom. The van der Waals surface area contributed by atoms with Crippen LogP contribution in [-0.4, -0.2) is 24.0 Å². The zero-order chi connectivity index (χ0) is 11.1. The first-order valence-electron chi connectivity index (χ1n) is 5.84. The van der Waals surface area contributed by atoms with E-state index in [1.807, 2.05) is 0 Å². The Morgan fingerprint density at radius 2 is 2.27 bits per heavy atom. The van der Waals surface area contributed by atoms with Crippen LogP contribution in [0.4, 0.5) is 0 Å². The number of aliphatic hydroxyl groups excluding tert-OH is 1. The second kappa shape index (κ2) is 6.62. The maximum atomic E-state index is 11.0. The van der Waals surface area contributed by atoms with E-state index in [1.54, 1.807) is 6.08 Å². The van der Waals surface area contributed by atoms with Crippen LogP contribution < -0.4 is 5.32 Å². The van der Waals surface area contributed by atoms with Crippen LogP contribution in [0.2, 0.25) is 0 Å². The summed E-state index contributed by atoms with van der Waals surface area (Å²) < 4.78 is 0. The summed E-state index contributed by atoms with van der Waals surface area (Å²) in [5.41, 5.74) is 1.07. The van der Waals surface area contributed by atoms with Gasteiger partial charge in [-0.3, -0.25) is 4.79 Å². The van der Waals surface area contributed by atoms with E-state index in [1.165, 1.54) is 0 Å². The van der Waals surface area contributed by atoms with Crippen LogP contribution in [-0.2, 0) is 4.79 Å². The summed E-state index contributed by atoms with van der Waals surface area (Å²) >= 11 is 0. The van der Waals surface area contributed by atoms with Crippen LogP contribution in [0.1, 0.15) is 39.0 Å². The standard InChI is InChI=1S/C12H21NO2/c1-2-3-10(6-7-14)9-13-11-4-5-12(15)8-11/h8,10,13-14H,2-7,9H2,1H3. The molecule has 0 aromatic heterocycles. The Morgan fingerprint density at radius 3 is 2.80 bits per heavy atom. The van der Waals surface area contributed by atoms with Crippen molar-refractivity contribution in [2.24, 2.45) is 5.92 Å². The highest BCUT2D eigenvalue weighted by atomic mass is 16.3. The van der Waals surface area contributed by atoms with Gasteiger partial charge in [-0.05, 0) is 25.2 Å². The van der Waals surface area contributed by atoms with E-state index in [0.717, 1.165) is 37.9 Å². The molecular weight excluding hydrogens is 190 g/mol. The van der Waals surface area contributed by atoms with Crippen molar-refractivity contribution in [2.45, 2.75) is 39.0 Å². The first kappa shape index (κ1) is 12.2. The highest BCUT2D eigenvalue weighted by Crippen LogP contribution is 2.14. The van der Waals surface area contributed by atoms with Crippen LogP contribution in [0, 0.1) is 5.92 Å². The molecule has 0 radical (unpaired) electrons. The van der Waals surface area contributed by atoms with Gasteiger partial charge in [0.25, 0.3) is 0 Å². The molecule has 0 saturated heterocycles. The molecule has 0 bridgehead atoms. The molecule has 15 heavy (non-hydrogen) atoms. The van der Waals surface area contributed by atoms with E-state index < -0.39 is 0 Å². The quantitative estimate of drug-likeness (QED) is 0.673. The number of carbonyl (C=O) groups is 1. The second-order valence-electron chi connectivity index (χ2n) is 4.18. The van der Waals surface area contributed by atoms with Gasteiger partial charge in [0.1, 0.15) is 0 Å². The molecule has 1 aliphatic rings. The summed E-state index contributed by atoms with van der Waals surface area (Å²) in [4.78, 5) is 11.0. The van der Waals surface area contributed by atoms with Crippen molar-refractivity contribution < 1.29 is 9.90 Å². The summed E-state index contributed by atoms with van der Waals surface area (Å²) in [6, 6.07) is 0. The Bertz CT molecular complexity index is 230. The molecule has 1 aliphatic carbocycles. The maximum absolute atomic E-state index is 11.0. The first-order valence-corrected chi connectivity index (χ1v) is 5.84. The molecule has 86 valence electrons. The Labute approximate surface area is 91.6 Å². The summed E-state index contributed by atoms with van der Waals surface area (Å²) in [6.07, 6.45) is 6.35. The third kappa shape index (κ3) is 4.47. The van der Waals surface area contributed by atoms with E-state index in [4.69, 9.17) is 5.11 Å². The van der Waals surface area contributed by atoms with Crippen molar-refractivity contribution in [1.29, 1.82) is 0 Å². The molecule has 0 spiro atoms. The van der Waals surface area contributed by atoms with Gasteiger partial charge in [0.2, 0.25) is 0 Å². The fourth-order valence-corrected chi connectivity index (χ4v) is 1.95. The number of hydrogen-bond acceptors (Lipinski definition) is 3. The zero-order valence-electron chi connectivity index (χ0n) is 9.46. The molecule has 0 amide bonds. The average molecular weight is 211 g/mol. The third-order valence-corrected chi connectivity index (χ3v) is 2.83. The van der Waals surface area contributed by atoms with Crippen LogP contribution >= 0.6 is 0 Å². The molecule has 0 aliphatic heterocycles. The molecule has 1 unspecified atom stereocenters. The van der Waals surface area contributed by atoms with Gasteiger partial charge in [-0.15, -0.1) is 0 Å². The number of rotatable bonds is 7. The Kier molecular flexibility index (Phi) is 5.40. The largest absolute Gasteiger partial charge is 0.396 e. The molecule has 3 nitrogen and oxygen atoms in total. The second-order valence-corrected chi connectivity index (χ2v) is 4.18. The van der Waals surface area contributed by atoms with E-state index >= 15 is 0 Å². The molecule has 0 aromatic carbocycles. The highest BCUT2D eigenvalue weighted by Gasteiger charge is 2.13. The van der Waals surface area contributed by atoms with Crippen molar-refractivity contribution in [2.75, 3.05) is 13.2 Å². The van der Waals surface area contributed by atoms with Crippen LogP contribution in [0.25, 0.3) is 0 Å². The minimum absolute atomic E-state index is 0.228. The van der Waals surface area contributed by atoms with E-state index in [-0.39, 0.29) is 12.4 Å². The number of ketones is 1. The monoisotopic (exact) mass is 211 g/mol. The number of aliphatic hydroxyl groups is 1. The van der Waals surface area contributed by atoms with Crippen LogP contribution in [0.5, 0.6) is 0 Å². The number of nitrogens with one attached hydrogen (secondary N) is 1. The molecule has 3 heteroatoms. The molecule has 1 atom stereocenters. The average Bonchev–Trinajstić information content (AvgIpc) is 2.61. The smallest absolute Gasteiger partial charge is 0.157 e. The molecular formula is C12H21NO2. The van der Waals surface area contributed by atoms with Gasteiger partial charge < -0.3 is 10.4 Å². The Hall–Kier alpha value is -0.830. The van der Waals surface area contributed by atoms with Gasteiger partial charge in [-0.2, -0.15) is 0 Å². The van der Waals surface area contributed by atoms with Gasteiger partial charge in [-0.25, -0.2) is 0 Å². The van der Waals surface area contributed by atoms with E-state index in [9.17, 15) is 4.79 Å². The molecule has 1 rings (SSSR count). The summed E-state index contributed by atoms with van der Waals surface area (Å²) in [7, 11) is 0. The fraction of sp³-hybridized carbons (Fsp3) is 0.750. The minimum atomic E-state index is 0.228. The summed E-state index contributed by atoms with van der Waals surface area (Å²) in [5, 5.41) is 12.2. The normalized spacial score (nSPS) is 17.7. The van der Waals surface area contributed by atoms with Crippen LogP contribution in [0.15, 0.2) is 11.8 Å². The van der Waals surface area contributed by atoms with Crippen molar-refractivity contribution in [1.82, 2.24) is 5.32 Å². The molecule has 0 fully saturated rings. The van der Waals surface area contributed by atoms with Crippen molar-refractivity contribution >= 4 is 5.78 Å². The van der Waals surface area contributed by atoms with Crippen LogP contribution in [0.3, 0.4) is 0 Å². The van der Waals surface area contributed by atoms with Crippen molar-refractivity contribution in [3.63, 3.8) is 0 Å². The van der Waals surface area contributed by atoms with Gasteiger partial charge >= 0.3 is 0 Å². The lowest BCUT2D eigenvalue weighted by molar-refractivity contribution is -0.114. The lowest BCUT2D eigenvalue weighted by atomic mass is 10.0. The number of allylic oxidation sites excluding steroid dienone is 2. The topological polar surface area (TPSA) is 49.3 Å². The molecule has 0 saturated carbocycles. The molecule has 0 heterocycles. The summed E-state index contributed by atoms with van der Waals surface area (Å²) in [6.45, 7) is 3.29.